The first-order valence-corrected chi connectivity index (χ1v) is 5.72. The molecule has 1 atom stereocenters. The van der Waals surface area contributed by atoms with Crippen molar-refractivity contribution < 1.29 is 4.74 Å². The van der Waals surface area contributed by atoms with Crippen molar-refractivity contribution in [2.45, 2.75) is 59.1 Å². The van der Waals surface area contributed by atoms with Gasteiger partial charge < -0.3 is 10.1 Å². The third kappa shape index (κ3) is 4.97. The van der Waals surface area contributed by atoms with Crippen molar-refractivity contribution in [3.63, 3.8) is 0 Å². The number of rotatable bonds is 7. The van der Waals surface area contributed by atoms with Gasteiger partial charge in [0, 0.05) is 13.2 Å². The lowest BCUT2D eigenvalue weighted by molar-refractivity contribution is -0.0133. The molecular formula is C12H27NO. The summed E-state index contributed by atoms with van der Waals surface area (Å²) in [5, 5.41) is 3.50. The summed E-state index contributed by atoms with van der Waals surface area (Å²) in [5.41, 5.74) is -0.0646. The smallest absolute Gasteiger partial charge is 0.0774 e. The van der Waals surface area contributed by atoms with Gasteiger partial charge in [0.05, 0.1) is 5.60 Å². The fourth-order valence-corrected chi connectivity index (χ4v) is 1.58. The number of nitrogens with one attached hydrogen (secondary N) is 1. The minimum Gasteiger partial charge on any atom is -0.377 e. The van der Waals surface area contributed by atoms with E-state index in [2.05, 4.69) is 39.9 Å². The van der Waals surface area contributed by atoms with E-state index < -0.39 is 0 Å². The third-order valence-electron chi connectivity index (χ3n) is 2.85. The normalized spacial score (nSPS) is 14.8. The molecule has 86 valence electrons. The Bertz CT molecular complexity index is 143. The highest BCUT2D eigenvalue weighted by Gasteiger charge is 2.28. The summed E-state index contributed by atoms with van der Waals surface area (Å²) in [7, 11) is 1.79. The quantitative estimate of drug-likeness (QED) is 0.684. The van der Waals surface area contributed by atoms with E-state index in [4.69, 9.17) is 4.74 Å². The van der Waals surface area contributed by atoms with E-state index in [9.17, 15) is 0 Å². The highest BCUT2D eigenvalue weighted by molar-refractivity contribution is 4.85. The molecule has 0 aromatic rings. The van der Waals surface area contributed by atoms with E-state index in [0.717, 1.165) is 12.5 Å². The van der Waals surface area contributed by atoms with Crippen LogP contribution in [0.2, 0.25) is 0 Å². The Morgan fingerprint density at radius 3 is 2.14 bits per heavy atom. The fraction of sp³-hybridized carbons (Fsp3) is 1.00. The summed E-state index contributed by atoms with van der Waals surface area (Å²) in [6.07, 6.45) is 2.44. The molecule has 0 aliphatic heterocycles. The second-order valence-electron chi connectivity index (χ2n) is 4.89. The molecule has 1 N–H and O–H groups in total. The van der Waals surface area contributed by atoms with Crippen LogP contribution in [0, 0.1) is 5.92 Å². The molecular weight excluding hydrogens is 174 g/mol. The molecule has 14 heavy (non-hydrogen) atoms. The van der Waals surface area contributed by atoms with Crippen LogP contribution in [-0.4, -0.2) is 25.3 Å². The molecule has 0 rings (SSSR count). The van der Waals surface area contributed by atoms with Gasteiger partial charge in [-0.25, -0.2) is 0 Å². The van der Waals surface area contributed by atoms with Crippen molar-refractivity contribution in [3.8, 4) is 0 Å². The highest BCUT2D eigenvalue weighted by Crippen LogP contribution is 2.19. The zero-order chi connectivity index (χ0) is 11.2. The van der Waals surface area contributed by atoms with E-state index in [1.807, 2.05) is 0 Å². The van der Waals surface area contributed by atoms with Crippen LogP contribution in [-0.2, 0) is 4.74 Å². The molecule has 0 saturated carbocycles. The Morgan fingerprint density at radius 2 is 1.79 bits per heavy atom. The molecule has 0 aromatic heterocycles. The molecule has 0 heterocycles. The van der Waals surface area contributed by atoms with Crippen LogP contribution in [0.5, 0.6) is 0 Å². The number of methoxy groups -OCH3 is 1. The van der Waals surface area contributed by atoms with Gasteiger partial charge in [-0.05, 0) is 39.2 Å². The molecule has 0 amide bonds. The second kappa shape index (κ2) is 6.41. The maximum absolute atomic E-state index is 5.52. The molecule has 0 radical (unpaired) electrons. The van der Waals surface area contributed by atoms with E-state index in [0.29, 0.717) is 6.04 Å². The monoisotopic (exact) mass is 201 g/mol. The fourth-order valence-electron chi connectivity index (χ4n) is 1.58. The van der Waals surface area contributed by atoms with Gasteiger partial charge in [-0.15, -0.1) is 0 Å². The zero-order valence-corrected chi connectivity index (χ0v) is 10.7. The van der Waals surface area contributed by atoms with Gasteiger partial charge in [0.25, 0.3) is 0 Å². The van der Waals surface area contributed by atoms with Crippen molar-refractivity contribution >= 4 is 0 Å². The van der Waals surface area contributed by atoms with E-state index >= 15 is 0 Å². The predicted octanol–water partition coefficient (Wildman–Crippen LogP) is 2.83. The van der Waals surface area contributed by atoms with Gasteiger partial charge in [0.2, 0.25) is 0 Å². The van der Waals surface area contributed by atoms with Gasteiger partial charge in [-0.3, -0.25) is 0 Å². The van der Waals surface area contributed by atoms with Crippen LogP contribution in [0.3, 0.4) is 0 Å². The first-order valence-electron chi connectivity index (χ1n) is 5.72. The molecule has 0 spiro atoms. The van der Waals surface area contributed by atoms with Crippen molar-refractivity contribution in [1.29, 1.82) is 0 Å². The van der Waals surface area contributed by atoms with Gasteiger partial charge in [-0.2, -0.15) is 0 Å². The Hall–Kier alpha value is -0.0800. The van der Waals surface area contributed by atoms with Crippen LogP contribution in [0.15, 0.2) is 0 Å². The number of hydrogen-bond donors (Lipinski definition) is 1. The lowest BCUT2D eigenvalue weighted by atomic mass is 9.91. The standard InChI is InChI=1S/C12H27NO/c1-7-13-11(9-8-10(2)3)12(4,5)14-6/h10-11,13H,7-9H2,1-6H3. The van der Waals surface area contributed by atoms with Crippen LogP contribution >= 0.6 is 0 Å². The van der Waals surface area contributed by atoms with E-state index in [-0.39, 0.29) is 5.60 Å². The average molecular weight is 201 g/mol. The highest BCUT2D eigenvalue weighted by atomic mass is 16.5. The SMILES string of the molecule is CCNC(CCC(C)C)C(C)(C)OC. The Balaban J connectivity index is 4.13. The molecule has 0 aromatic carbocycles. The molecule has 0 saturated heterocycles. The second-order valence-corrected chi connectivity index (χ2v) is 4.89. The Kier molecular flexibility index (Phi) is 6.38. The molecule has 0 aliphatic rings. The first-order chi connectivity index (χ1) is 6.44. The van der Waals surface area contributed by atoms with Gasteiger partial charge >= 0.3 is 0 Å². The van der Waals surface area contributed by atoms with E-state index in [1.54, 1.807) is 7.11 Å². The van der Waals surface area contributed by atoms with Gasteiger partial charge in [0.15, 0.2) is 0 Å². The molecule has 0 bridgehead atoms. The van der Waals surface area contributed by atoms with Crippen molar-refractivity contribution in [3.05, 3.63) is 0 Å². The predicted molar refractivity (Wildman–Crippen MR) is 62.6 cm³/mol. The summed E-state index contributed by atoms with van der Waals surface area (Å²) in [6.45, 7) is 12.0. The minimum atomic E-state index is -0.0646. The summed E-state index contributed by atoms with van der Waals surface area (Å²) >= 11 is 0. The summed E-state index contributed by atoms with van der Waals surface area (Å²) in [4.78, 5) is 0. The van der Waals surface area contributed by atoms with Gasteiger partial charge in [-0.1, -0.05) is 20.8 Å². The number of hydrogen-bond acceptors (Lipinski definition) is 2. The molecule has 2 heteroatoms. The van der Waals surface area contributed by atoms with Crippen molar-refractivity contribution in [2.24, 2.45) is 5.92 Å². The number of ether oxygens (including phenoxy) is 1. The molecule has 2 nitrogen and oxygen atoms in total. The topological polar surface area (TPSA) is 21.3 Å². The largest absolute Gasteiger partial charge is 0.377 e. The lowest BCUT2D eigenvalue weighted by Gasteiger charge is -2.34. The summed E-state index contributed by atoms with van der Waals surface area (Å²) < 4.78 is 5.52. The van der Waals surface area contributed by atoms with Crippen LogP contribution < -0.4 is 5.32 Å². The molecule has 0 fully saturated rings. The van der Waals surface area contributed by atoms with Crippen molar-refractivity contribution in [2.75, 3.05) is 13.7 Å². The average Bonchev–Trinajstić information content (AvgIpc) is 2.11. The maximum atomic E-state index is 5.52. The van der Waals surface area contributed by atoms with Crippen molar-refractivity contribution in [1.82, 2.24) is 5.32 Å². The Morgan fingerprint density at radius 1 is 1.21 bits per heavy atom. The van der Waals surface area contributed by atoms with Gasteiger partial charge in [0.1, 0.15) is 0 Å². The number of likely N-dealkylation sites (N-methyl/N-ethyl adjacent to an activating group) is 1. The maximum Gasteiger partial charge on any atom is 0.0774 e. The zero-order valence-electron chi connectivity index (χ0n) is 10.7. The van der Waals surface area contributed by atoms with Crippen LogP contribution in [0.25, 0.3) is 0 Å². The first kappa shape index (κ1) is 13.9. The summed E-state index contributed by atoms with van der Waals surface area (Å²) in [6, 6.07) is 0.458. The molecule has 1 unspecified atom stereocenters. The van der Waals surface area contributed by atoms with E-state index in [1.165, 1.54) is 12.8 Å². The van der Waals surface area contributed by atoms with Crippen LogP contribution in [0.1, 0.15) is 47.5 Å². The molecule has 0 aliphatic carbocycles. The lowest BCUT2D eigenvalue weighted by Crippen LogP contribution is -2.48. The minimum absolute atomic E-state index is 0.0646. The third-order valence-corrected chi connectivity index (χ3v) is 2.85. The Labute approximate surface area is 89.4 Å². The summed E-state index contributed by atoms with van der Waals surface area (Å²) in [5.74, 6) is 0.767. The van der Waals surface area contributed by atoms with Crippen LogP contribution in [0.4, 0.5) is 0 Å².